The molecule has 1 fully saturated rings. The van der Waals surface area contributed by atoms with Crippen LogP contribution in [0.3, 0.4) is 0 Å². The first-order valence-electron chi connectivity index (χ1n) is 10.8. The molecule has 0 spiro atoms. The number of rotatable bonds is 6. The third-order valence-electron chi connectivity index (χ3n) is 5.77. The highest BCUT2D eigenvalue weighted by molar-refractivity contribution is 6.09. The van der Waals surface area contributed by atoms with E-state index >= 15 is 0 Å². The number of aromatic hydroxyl groups is 1. The van der Waals surface area contributed by atoms with Crippen molar-refractivity contribution in [3.8, 4) is 16.9 Å². The van der Waals surface area contributed by atoms with Gasteiger partial charge in [0, 0.05) is 6.54 Å². The summed E-state index contributed by atoms with van der Waals surface area (Å²) in [5, 5.41) is 22.6. The van der Waals surface area contributed by atoms with Crippen molar-refractivity contribution in [2.24, 2.45) is 0 Å². The minimum atomic E-state index is -1.14. The lowest BCUT2D eigenvalue weighted by molar-refractivity contribution is 0.0698. The van der Waals surface area contributed by atoms with E-state index in [1.807, 2.05) is 36.4 Å². The molecule has 1 aliphatic rings. The van der Waals surface area contributed by atoms with Crippen molar-refractivity contribution in [1.29, 1.82) is 0 Å². The Labute approximate surface area is 187 Å². The SMILES string of the molecule is O=C(Nc1cc(-c2ccccc2)ccc1C(=O)O)c1cc(CN2CCCCC2)ccc1O. The topological polar surface area (TPSA) is 89.9 Å². The average Bonchev–Trinajstić information content (AvgIpc) is 2.81. The van der Waals surface area contributed by atoms with E-state index in [4.69, 9.17) is 0 Å². The molecule has 1 heterocycles. The molecule has 32 heavy (non-hydrogen) atoms. The number of amides is 1. The molecule has 0 bridgehead atoms. The van der Waals surface area contributed by atoms with Crippen LogP contribution in [0.4, 0.5) is 5.69 Å². The standard InChI is InChI=1S/C26H26N2O4/c29-24-12-9-18(17-28-13-5-2-6-14-28)15-22(24)25(30)27-23-16-20(10-11-21(23)26(31)32)19-7-3-1-4-8-19/h1,3-4,7-12,15-16,29H,2,5-6,13-14,17H2,(H,27,30)(H,31,32). The third kappa shape index (κ3) is 4.98. The smallest absolute Gasteiger partial charge is 0.337 e. The minimum Gasteiger partial charge on any atom is -0.507 e. The number of nitrogens with zero attached hydrogens (tertiary/aromatic N) is 1. The van der Waals surface area contributed by atoms with Gasteiger partial charge < -0.3 is 15.5 Å². The van der Waals surface area contributed by atoms with E-state index in [9.17, 15) is 19.8 Å². The quantitative estimate of drug-likeness (QED) is 0.512. The van der Waals surface area contributed by atoms with Crippen LogP contribution in [0.25, 0.3) is 11.1 Å². The van der Waals surface area contributed by atoms with Gasteiger partial charge in [-0.15, -0.1) is 0 Å². The number of carbonyl (C=O) groups is 2. The van der Waals surface area contributed by atoms with Gasteiger partial charge in [-0.05, 0) is 66.9 Å². The average molecular weight is 431 g/mol. The first-order valence-corrected chi connectivity index (χ1v) is 10.8. The maximum absolute atomic E-state index is 13.0. The zero-order chi connectivity index (χ0) is 22.5. The summed E-state index contributed by atoms with van der Waals surface area (Å²) in [4.78, 5) is 27.1. The number of anilines is 1. The molecule has 3 N–H and O–H groups in total. The van der Waals surface area contributed by atoms with Crippen molar-refractivity contribution >= 4 is 17.6 Å². The summed E-state index contributed by atoms with van der Waals surface area (Å²) in [5.41, 5.74) is 2.93. The molecule has 0 radical (unpaired) electrons. The van der Waals surface area contributed by atoms with E-state index in [-0.39, 0.29) is 22.6 Å². The highest BCUT2D eigenvalue weighted by atomic mass is 16.4. The van der Waals surface area contributed by atoms with E-state index in [1.54, 1.807) is 18.2 Å². The highest BCUT2D eigenvalue weighted by Crippen LogP contribution is 2.28. The Morgan fingerprint density at radius 1 is 0.844 bits per heavy atom. The second-order valence-corrected chi connectivity index (χ2v) is 8.07. The van der Waals surface area contributed by atoms with Crippen LogP contribution in [0.2, 0.25) is 0 Å². The molecule has 3 aromatic carbocycles. The predicted molar refractivity (Wildman–Crippen MR) is 124 cm³/mol. The molecule has 0 aliphatic carbocycles. The number of phenolic OH excluding ortho intramolecular Hbond substituents is 1. The van der Waals surface area contributed by atoms with Crippen molar-refractivity contribution in [3.63, 3.8) is 0 Å². The van der Waals surface area contributed by atoms with Gasteiger partial charge in [-0.2, -0.15) is 0 Å². The molecule has 0 unspecified atom stereocenters. The van der Waals surface area contributed by atoms with Crippen molar-refractivity contribution in [2.75, 3.05) is 18.4 Å². The van der Waals surface area contributed by atoms with E-state index in [0.29, 0.717) is 6.54 Å². The fourth-order valence-corrected chi connectivity index (χ4v) is 4.07. The fourth-order valence-electron chi connectivity index (χ4n) is 4.07. The number of phenols is 1. The Bertz CT molecular complexity index is 1120. The van der Waals surface area contributed by atoms with E-state index < -0.39 is 11.9 Å². The second kappa shape index (κ2) is 9.66. The monoisotopic (exact) mass is 430 g/mol. The van der Waals surface area contributed by atoms with Crippen molar-refractivity contribution in [3.05, 3.63) is 83.4 Å². The number of carboxylic acids is 1. The molecule has 1 aliphatic heterocycles. The highest BCUT2D eigenvalue weighted by Gasteiger charge is 2.18. The van der Waals surface area contributed by atoms with Crippen molar-refractivity contribution < 1.29 is 19.8 Å². The van der Waals surface area contributed by atoms with Crippen LogP contribution < -0.4 is 5.32 Å². The lowest BCUT2D eigenvalue weighted by atomic mass is 10.0. The van der Waals surface area contributed by atoms with Gasteiger partial charge in [-0.3, -0.25) is 9.69 Å². The van der Waals surface area contributed by atoms with E-state index in [0.717, 1.165) is 29.8 Å². The van der Waals surface area contributed by atoms with Crippen LogP contribution in [0.5, 0.6) is 5.75 Å². The van der Waals surface area contributed by atoms with Crippen LogP contribution in [0, 0.1) is 0 Å². The number of benzene rings is 3. The number of likely N-dealkylation sites (tertiary alicyclic amines) is 1. The number of hydrogen-bond donors (Lipinski definition) is 3. The molecule has 3 aromatic rings. The molecule has 6 nitrogen and oxygen atoms in total. The van der Waals surface area contributed by atoms with Crippen LogP contribution in [-0.4, -0.2) is 40.1 Å². The third-order valence-corrected chi connectivity index (χ3v) is 5.77. The van der Waals surface area contributed by atoms with Gasteiger partial charge >= 0.3 is 5.97 Å². The molecular weight excluding hydrogens is 404 g/mol. The zero-order valence-electron chi connectivity index (χ0n) is 17.8. The van der Waals surface area contributed by atoms with Gasteiger partial charge in [0.25, 0.3) is 5.91 Å². The molecule has 1 saturated heterocycles. The summed E-state index contributed by atoms with van der Waals surface area (Å²) in [6.45, 7) is 2.76. The maximum Gasteiger partial charge on any atom is 0.337 e. The number of hydrogen-bond acceptors (Lipinski definition) is 4. The Kier molecular flexibility index (Phi) is 6.52. The number of carbonyl (C=O) groups excluding carboxylic acids is 1. The number of aromatic carboxylic acids is 1. The van der Waals surface area contributed by atoms with Crippen LogP contribution in [0.1, 0.15) is 45.5 Å². The molecule has 0 aromatic heterocycles. The number of carboxylic acid groups (broad SMARTS) is 1. The maximum atomic E-state index is 13.0. The normalized spacial score (nSPS) is 14.1. The zero-order valence-corrected chi connectivity index (χ0v) is 17.8. The summed E-state index contributed by atoms with van der Waals surface area (Å²) in [6.07, 6.45) is 3.58. The molecule has 1 amide bonds. The van der Waals surface area contributed by atoms with Crippen molar-refractivity contribution in [2.45, 2.75) is 25.8 Å². The fraction of sp³-hybridized carbons (Fsp3) is 0.231. The van der Waals surface area contributed by atoms with Crippen LogP contribution in [-0.2, 0) is 6.54 Å². The minimum absolute atomic E-state index is 0.0120. The van der Waals surface area contributed by atoms with Gasteiger partial charge in [0.2, 0.25) is 0 Å². The first kappa shape index (κ1) is 21.6. The molecule has 164 valence electrons. The van der Waals surface area contributed by atoms with E-state index in [1.165, 1.54) is 31.4 Å². The molecule has 6 heteroatoms. The summed E-state index contributed by atoms with van der Waals surface area (Å²) >= 11 is 0. The lowest BCUT2D eigenvalue weighted by Crippen LogP contribution is -2.29. The van der Waals surface area contributed by atoms with Crippen molar-refractivity contribution in [1.82, 2.24) is 4.90 Å². The first-order chi connectivity index (χ1) is 15.5. The summed E-state index contributed by atoms with van der Waals surface area (Å²) in [6, 6.07) is 19.4. The molecule has 0 saturated carbocycles. The molecule has 0 atom stereocenters. The predicted octanol–water partition coefficient (Wildman–Crippen LogP) is 5.00. The Morgan fingerprint density at radius 3 is 2.31 bits per heavy atom. The van der Waals surface area contributed by atoms with Gasteiger partial charge in [-0.1, -0.05) is 48.9 Å². The largest absolute Gasteiger partial charge is 0.507 e. The lowest BCUT2D eigenvalue weighted by Gasteiger charge is -2.26. The van der Waals surface area contributed by atoms with Gasteiger partial charge in [0.1, 0.15) is 5.75 Å². The number of nitrogens with one attached hydrogen (secondary N) is 1. The number of piperidine rings is 1. The second-order valence-electron chi connectivity index (χ2n) is 8.07. The van der Waals surface area contributed by atoms with Crippen LogP contribution in [0.15, 0.2) is 66.7 Å². The summed E-state index contributed by atoms with van der Waals surface area (Å²) in [5.74, 6) is -1.82. The molecule has 4 rings (SSSR count). The molecular formula is C26H26N2O4. The van der Waals surface area contributed by atoms with Gasteiger partial charge in [0.15, 0.2) is 0 Å². The summed E-state index contributed by atoms with van der Waals surface area (Å²) < 4.78 is 0. The Hall–Kier alpha value is -3.64. The summed E-state index contributed by atoms with van der Waals surface area (Å²) in [7, 11) is 0. The van der Waals surface area contributed by atoms with Gasteiger partial charge in [0.05, 0.1) is 16.8 Å². The van der Waals surface area contributed by atoms with Gasteiger partial charge in [-0.25, -0.2) is 4.79 Å². The van der Waals surface area contributed by atoms with E-state index in [2.05, 4.69) is 10.2 Å². The Morgan fingerprint density at radius 2 is 1.59 bits per heavy atom. The Balaban J connectivity index is 1.60. The van der Waals surface area contributed by atoms with Crippen LogP contribution >= 0.6 is 0 Å².